The third-order valence-electron chi connectivity index (χ3n) is 3.64. The van der Waals surface area contributed by atoms with Crippen LogP contribution in [0.1, 0.15) is 29.3 Å². The van der Waals surface area contributed by atoms with Gasteiger partial charge >= 0.3 is 0 Å². The van der Waals surface area contributed by atoms with Crippen molar-refractivity contribution in [2.24, 2.45) is 0 Å². The van der Waals surface area contributed by atoms with Crippen molar-refractivity contribution in [1.82, 2.24) is 4.98 Å². The maximum atomic E-state index is 11.1. The molecule has 1 aromatic carbocycles. The lowest BCUT2D eigenvalue weighted by Crippen LogP contribution is -2.10. The van der Waals surface area contributed by atoms with E-state index in [1.54, 1.807) is 18.3 Å². The summed E-state index contributed by atoms with van der Waals surface area (Å²) in [4.78, 5) is 15.2. The molecule has 0 fully saturated rings. The third kappa shape index (κ3) is 2.22. The van der Waals surface area contributed by atoms with Crippen LogP contribution in [0.4, 0.5) is 11.4 Å². The van der Waals surface area contributed by atoms with Gasteiger partial charge in [0.1, 0.15) is 5.69 Å². The Balaban J connectivity index is 1.93. The van der Waals surface area contributed by atoms with Crippen molar-refractivity contribution in [2.75, 3.05) is 5.32 Å². The fraction of sp³-hybridized carbons (Fsp3) is 0.267. The first-order valence-corrected chi connectivity index (χ1v) is 6.60. The van der Waals surface area contributed by atoms with E-state index in [9.17, 15) is 10.1 Å². The van der Waals surface area contributed by atoms with Crippen LogP contribution in [0.25, 0.3) is 0 Å². The second kappa shape index (κ2) is 4.92. The molecule has 1 aromatic heterocycles. The summed E-state index contributed by atoms with van der Waals surface area (Å²) in [5.74, 6) is 0. The van der Waals surface area contributed by atoms with Crippen molar-refractivity contribution >= 4 is 11.4 Å². The molecule has 102 valence electrons. The number of aromatic nitrogens is 1. The predicted molar refractivity (Wildman–Crippen MR) is 76.8 cm³/mol. The first-order valence-electron chi connectivity index (χ1n) is 6.60. The molecule has 0 bridgehead atoms. The van der Waals surface area contributed by atoms with Gasteiger partial charge in [0.2, 0.25) is 0 Å². The van der Waals surface area contributed by atoms with Crippen molar-refractivity contribution in [1.29, 1.82) is 0 Å². The van der Waals surface area contributed by atoms with Crippen molar-refractivity contribution < 1.29 is 4.92 Å². The topological polar surface area (TPSA) is 68.1 Å². The van der Waals surface area contributed by atoms with Crippen molar-refractivity contribution in [3.8, 4) is 0 Å². The molecule has 20 heavy (non-hydrogen) atoms. The molecule has 0 spiro atoms. The summed E-state index contributed by atoms with van der Waals surface area (Å²) in [7, 11) is 0. The molecule has 1 aliphatic rings. The third-order valence-corrected chi connectivity index (χ3v) is 3.64. The molecule has 1 unspecified atom stereocenters. The zero-order chi connectivity index (χ0) is 14.1. The molecule has 0 saturated heterocycles. The first-order chi connectivity index (χ1) is 9.65. The number of nitro groups is 1. The number of fused-ring (bicyclic) bond motifs is 1. The molecule has 5 nitrogen and oxygen atoms in total. The highest BCUT2D eigenvalue weighted by Crippen LogP contribution is 2.35. The highest BCUT2D eigenvalue weighted by molar-refractivity contribution is 5.63. The molecule has 1 heterocycles. The largest absolute Gasteiger partial charge is 0.371 e. The van der Waals surface area contributed by atoms with Crippen LogP contribution in [0.3, 0.4) is 0 Å². The lowest BCUT2D eigenvalue weighted by atomic mass is 10.1. The van der Waals surface area contributed by atoms with Crippen LogP contribution in [0, 0.1) is 17.0 Å². The van der Waals surface area contributed by atoms with Gasteiger partial charge in [-0.3, -0.25) is 15.1 Å². The SMILES string of the molecule is Cc1ccc([N+](=O)[O-])c(NC2CCc3cccnc32)c1. The average molecular weight is 269 g/mol. The summed E-state index contributed by atoms with van der Waals surface area (Å²) in [6, 6.07) is 9.16. The van der Waals surface area contributed by atoms with E-state index >= 15 is 0 Å². The van der Waals surface area contributed by atoms with Crippen LogP contribution < -0.4 is 5.32 Å². The summed E-state index contributed by atoms with van der Waals surface area (Å²) in [5.41, 5.74) is 3.90. The Morgan fingerprint density at radius 2 is 2.25 bits per heavy atom. The number of pyridine rings is 1. The highest BCUT2D eigenvalue weighted by atomic mass is 16.6. The zero-order valence-corrected chi connectivity index (χ0v) is 11.2. The molecular formula is C15H15N3O2. The number of hydrogen-bond acceptors (Lipinski definition) is 4. The smallest absolute Gasteiger partial charge is 0.292 e. The molecule has 3 rings (SSSR count). The monoisotopic (exact) mass is 269 g/mol. The van der Waals surface area contributed by atoms with E-state index in [0.29, 0.717) is 5.69 Å². The van der Waals surface area contributed by atoms with Crippen LogP contribution in [0.15, 0.2) is 36.5 Å². The van der Waals surface area contributed by atoms with Gasteiger partial charge < -0.3 is 5.32 Å². The number of anilines is 1. The minimum atomic E-state index is -0.351. The number of nitro benzene ring substituents is 1. The quantitative estimate of drug-likeness (QED) is 0.685. The van der Waals surface area contributed by atoms with E-state index in [-0.39, 0.29) is 16.7 Å². The van der Waals surface area contributed by atoms with Crippen LogP contribution in [-0.4, -0.2) is 9.91 Å². The number of rotatable bonds is 3. The Morgan fingerprint density at radius 1 is 1.40 bits per heavy atom. The Hall–Kier alpha value is -2.43. The van der Waals surface area contributed by atoms with Crippen molar-refractivity contribution in [3.63, 3.8) is 0 Å². The number of hydrogen-bond donors (Lipinski definition) is 1. The standard InChI is InChI=1S/C15H15N3O2/c1-10-4-7-14(18(19)20)13(9-10)17-12-6-5-11-3-2-8-16-15(11)12/h2-4,7-9,12,17H,5-6H2,1H3. The molecule has 1 N–H and O–H groups in total. The van der Waals surface area contributed by atoms with Gasteiger partial charge in [-0.05, 0) is 43.0 Å². The molecule has 1 atom stereocenters. The Bertz CT molecular complexity index is 670. The molecule has 0 radical (unpaired) electrons. The lowest BCUT2D eigenvalue weighted by Gasteiger charge is -2.15. The summed E-state index contributed by atoms with van der Waals surface area (Å²) >= 11 is 0. The summed E-state index contributed by atoms with van der Waals surface area (Å²) < 4.78 is 0. The van der Waals surface area contributed by atoms with Gasteiger partial charge in [0.05, 0.1) is 16.7 Å². The maximum absolute atomic E-state index is 11.1. The molecule has 0 saturated carbocycles. The Morgan fingerprint density at radius 3 is 3.05 bits per heavy atom. The highest BCUT2D eigenvalue weighted by Gasteiger charge is 2.25. The van der Waals surface area contributed by atoms with Crippen molar-refractivity contribution in [2.45, 2.75) is 25.8 Å². The second-order valence-electron chi connectivity index (χ2n) is 5.06. The normalized spacial score (nSPS) is 16.8. The number of benzene rings is 1. The zero-order valence-electron chi connectivity index (χ0n) is 11.2. The van der Waals surface area contributed by atoms with Gasteiger partial charge in [-0.15, -0.1) is 0 Å². The van der Waals surface area contributed by atoms with E-state index in [1.807, 2.05) is 19.1 Å². The second-order valence-corrected chi connectivity index (χ2v) is 5.06. The summed E-state index contributed by atoms with van der Waals surface area (Å²) in [5, 5.41) is 14.4. The van der Waals surface area contributed by atoms with Gasteiger partial charge in [0, 0.05) is 12.3 Å². The molecule has 2 aromatic rings. The lowest BCUT2D eigenvalue weighted by molar-refractivity contribution is -0.384. The van der Waals surface area contributed by atoms with Gasteiger partial charge in [0.15, 0.2) is 0 Å². The summed E-state index contributed by atoms with van der Waals surface area (Å²) in [6.45, 7) is 1.93. The fourth-order valence-electron chi connectivity index (χ4n) is 2.67. The fourth-order valence-corrected chi connectivity index (χ4v) is 2.67. The number of nitrogens with one attached hydrogen (secondary N) is 1. The minimum Gasteiger partial charge on any atom is -0.371 e. The van der Waals surface area contributed by atoms with Gasteiger partial charge in [-0.25, -0.2) is 0 Å². The van der Waals surface area contributed by atoms with E-state index in [4.69, 9.17) is 0 Å². The molecule has 1 aliphatic carbocycles. The molecular weight excluding hydrogens is 254 g/mol. The van der Waals surface area contributed by atoms with Gasteiger partial charge in [-0.2, -0.15) is 0 Å². The van der Waals surface area contributed by atoms with Crippen molar-refractivity contribution in [3.05, 3.63) is 63.5 Å². The van der Waals surface area contributed by atoms with Crippen LogP contribution in [0.5, 0.6) is 0 Å². The number of nitrogens with zero attached hydrogens (tertiary/aromatic N) is 2. The van der Waals surface area contributed by atoms with Gasteiger partial charge in [0.25, 0.3) is 5.69 Å². The molecule has 5 heteroatoms. The van der Waals surface area contributed by atoms with Crippen LogP contribution in [0.2, 0.25) is 0 Å². The van der Waals surface area contributed by atoms with Crippen LogP contribution in [-0.2, 0) is 6.42 Å². The Kier molecular flexibility index (Phi) is 3.10. The van der Waals surface area contributed by atoms with E-state index < -0.39 is 0 Å². The first kappa shape index (κ1) is 12.6. The maximum Gasteiger partial charge on any atom is 0.292 e. The van der Waals surface area contributed by atoms with E-state index in [0.717, 1.165) is 24.1 Å². The predicted octanol–water partition coefficient (Wildman–Crippen LogP) is 3.40. The van der Waals surface area contributed by atoms with Crippen LogP contribution >= 0.6 is 0 Å². The average Bonchev–Trinajstić information content (AvgIpc) is 2.82. The summed E-state index contributed by atoms with van der Waals surface area (Å²) in [6.07, 6.45) is 3.64. The molecule has 0 aliphatic heterocycles. The minimum absolute atomic E-state index is 0.0479. The van der Waals surface area contributed by atoms with Gasteiger partial charge in [-0.1, -0.05) is 12.1 Å². The Labute approximate surface area is 116 Å². The molecule has 0 amide bonds. The van der Waals surface area contributed by atoms with E-state index in [1.165, 1.54) is 5.56 Å². The number of aryl methyl sites for hydroxylation is 2. The van der Waals surface area contributed by atoms with E-state index in [2.05, 4.69) is 16.4 Å².